The number of phenolic OH excluding ortho intramolecular Hbond substituents is 2. The summed E-state index contributed by atoms with van der Waals surface area (Å²) in [6.45, 7) is 13.3. The summed E-state index contributed by atoms with van der Waals surface area (Å²) in [5, 5.41) is 23.4. The second-order valence-electron chi connectivity index (χ2n) is 7.91. The predicted molar refractivity (Wildman–Crippen MR) is 106 cm³/mol. The summed E-state index contributed by atoms with van der Waals surface area (Å²) in [5.74, 6) is 0.740. The Bertz CT molecular complexity index is 654. The van der Waals surface area contributed by atoms with E-state index in [1.165, 1.54) is 11.8 Å². The van der Waals surface area contributed by atoms with Gasteiger partial charge >= 0.3 is 0 Å². The molecule has 2 aromatic rings. The van der Waals surface area contributed by atoms with Gasteiger partial charge in [-0.2, -0.15) is 0 Å². The molecule has 0 radical (unpaired) electrons. The first-order valence-electron chi connectivity index (χ1n) is 7.84. The quantitative estimate of drug-likeness (QED) is 0.795. The summed E-state index contributed by atoms with van der Waals surface area (Å²) in [6, 6.07) is 11.9. The first-order valence-corrected chi connectivity index (χ1v) is 15.7. The second kappa shape index (κ2) is 6.38. The Morgan fingerprint density at radius 3 is 1.30 bits per heavy atom. The average molecular weight is 363 g/mol. The Morgan fingerprint density at radius 1 is 0.652 bits per heavy atom. The van der Waals surface area contributed by atoms with E-state index >= 15 is 0 Å². The summed E-state index contributed by atoms with van der Waals surface area (Å²) in [5.41, 5.74) is 0. The van der Waals surface area contributed by atoms with Gasteiger partial charge in [-0.05, 0) is 22.5 Å². The van der Waals surface area contributed by atoms with E-state index in [1.54, 1.807) is 0 Å². The van der Waals surface area contributed by atoms with Gasteiger partial charge < -0.3 is 10.2 Å². The lowest BCUT2D eigenvalue weighted by Crippen LogP contribution is -2.38. The molecule has 124 valence electrons. The molecule has 0 heterocycles. The summed E-state index contributed by atoms with van der Waals surface area (Å²) >= 11 is 1.45. The van der Waals surface area contributed by atoms with Crippen molar-refractivity contribution in [2.75, 3.05) is 0 Å². The van der Waals surface area contributed by atoms with Gasteiger partial charge in [0.05, 0.1) is 25.9 Å². The van der Waals surface area contributed by atoms with E-state index in [1.807, 2.05) is 36.4 Å². The highest BCUT2D eigenvalue weighted by molar-refractivity contribution is 7.99. The summed E-state index contributed by atoms with van der Waals surface area (Å²) < 4.78 is 0. The molecular weight excluding hydrogens is 336 g/mol. The van der Waals surface area contributed by atoms with Gasteiger partial charge in [0, 0.05) is 0 Å². The number of hydrogen-bond donors (Lipinski definition) is 2. The lowest BCUT2D eigenvalue weighted by Gasteiger charge is -2.21. The van der Waals surface area contributed by atoms with E-state index in [2.05, 4.69) is 39.3 Å². The molecular formula is C18H26O2SSi2. The highest BCUT2D eigenvalue weighted by Crippen LogP contribution is 2.38. The highest BCUT2D eigenvalue weighted by Gasteiger charge is 2.24. The topological polar surface area (TPSA) is 40.5 Å². The minimum Gasteiger partial charge on any atom is -0.507 e. The molecule has 0 aliphatic carbocycles. The Hall–Kier alpha value is -1.18. The van der Waals surface area contributed by atoms with Crippen molar-refractivity contribution in [3.05, 3.63) is 36.4 Å². The van der Waals surface area contributed by atoms with Crippen molar-refractivity contribution in [2.24, 2.45) is 0 Å². The molecule has 0 unspecified atom stereocenters. The maximum Gasteiger partial charge on any atom is 0.128 e. The number of aromatic hydroxyl groups is 2. The van der Waals surface area contributed by atoms with Gasteiger partial charge in [-0.3, -0.25) is 0 Å². The molecule has 2 aromatic carbocycles. The second-order valence-corrected chi connectivity index (χ2v) is 19.1. The summed E-state index contributed by atoms with van der Waals surface area (Å²) in [7, 11) is -3.20. The Morgan fingerprint density at radius 2 is 1.00 bits per heavy atom. The first-order chi connectivity index (χ1) is 10.5. The van der Waals surface area contributed by atoms with Crippen molar-refractivity contribution in [3.63, 3.8) is 0 Å². The van der Waals surface area contributed by atoms with Crippen LogP contribution in [0.2, 0.25) is 39.3 Å². The van der Waals surface area contributed by atoms with Crippen molar-refractivity contribution in [2.45, 2.75) is 49.1 Å². The summed E-state index contributed by atoms with van der Waals surface area (Å²) in [6.07, 6.45) is 0. The van der Waals surface area contributed by atoms with E-state index in [4.69, 9.17) is 0 Å². The maximum absolute atomic E-state index is 10.6. The van der Waals surface area contributed by atoms with E-state index in [9.17, 15) is 10.2 Å². The lowest BCUT2D eigenvalue weighted by atomic mass is 10.3. The van der Waals surface area contributed by atoms with Crippen molar-refractivity contribution in [1.29, 1.82) is 0 Å². The number of para-hydroxylation sites is 2. The molecule has 0 saturated heterocycles. The van der Waals surface area contributed by atoms with Crippen LogP contribution in [0.25, 0.3) is 0 Å². The van der Waals surface area contributed by atoms with Crippen LogP contribution < -0.4 is 10.4 Å². The van der Waals surface area contributed by atoms with Crippen LogP contribution in [0.4, 0.5) is 0 Å². The Labute approximate surface area is 145 Å². The van der Waals surface area contributed by atoms with Gasteiger partial charge in [-0.1, -0.05) is 75.3 Å². The largest absolute Gasteiger partial charge is 0.507 e. The van der Waals surface area contributed by atoms with Crippen molar-refractivity contribution >= 4 is 38.3 Å². The number of rotatable bonds is 4. The molecule has 0 saturated carbocycles. The molecule has 0 aliphatic heterocycles. The smallest absolute Gasteiger partial charge is 0.128 e. The molecule has 2 rings (SSSR count). The highest BCUT2D eigenvalue weighted by atomic mass is 32.2. The van der Waals surface area contributed by atoms with Gasteiger partial charge in [0.15, 0.2) is 0 Å². The molecule has 0 spiro atoms. The fourth-order valence-corrected chi connectivity index (χ4v) is 6.55. The van der Waals surface area contributed by atoms with Gasteiger partial charge in [0.25, 0.3) is 0 Å². The monoisotopic (exact) mass is 362 g/mol. The van der Waals surface area contributed by atoms with Crippen LogP contribution in [-0.2, 0) is 0 Å². The average Bonchev–Trinajstić information content (AvgIpc) is 2.40. The third-order valence-electron chi connectivity index (χ3n) is 3.83. The molecule has 2 nitrogen and oxygen atoms in total. The number of hydrogen-bond acceptors (Lipinski definition) is 3. The first kappa shape index (κ1) is 18.2. The predicted octanol–water partition coefficient (Wildman–Crippen LogP) is 4.34. The van der Waals surface area contributed by atoms with Crippen LogP contribution in [0, 0.1) is 0 Å². The van der Waals surface area contributed by atoms with E-state index in [0.717, 1.165) is 20.2 Å². The molecule has 23 heavy (non-hydrogen) atoms. The van der Waals surface area contributed by atoms with Gasteiger partial charge in [0.2, 0.25) is 0 Å². The van der Waals surface area contributed by atoms with E-state index in [0.29, 0.717) is 11.5 Å². The maximum atomic E-state index is 10.6. The zero-order valence-corrected chi connectivity index (χ0v) is 17.6. The van der Waals surface area contributed by atoms with Crippen LogP contribution in [0.1, 0.15) is 0 Å². The molecule has 0 bridgehead atoms. The third-order valence-corrected chi connectivity index (χ3v) is 8.97. The van der Waals surface area contributed by atoms with E-state index < -0.39 is 16.1 Å². The molecule has 0 aromatic heterocycles. The zero-order chi connectivity index (χ0) is 17.4. The van der Waals surface area contributed by atoms with Gasteiger partial charge in [0.1, 0.15) is 11.5 Å². The molecule has 0 aliphatic rings. The molecule has 5 heteroatoms. The van der Waals surface area contributed by atoms with Crippen molar-refractivity contribution < 1.29 is 10.2 Å². The van der Waals surface area contributed by atoms with Crippen LogP contribution in [0.3, 0.4) is 0 Å². The lowest BCUT2D eigenvalue weighted by molar-refractivity contribution is 0.464. The van der Waals surface area contributed by atoms with Crippen molar-refractivity contribution in [1.82, 2.24) is 0 Å². The SMILES string of the molecule is C[Si](C)(C)c1cccc(Sc2cccc([Si](C)(C)C)c2O)c1O. The van der Waals surface area contributed by atoms with Gasteiger partial charge in [-0.25, -0.2) is 0 Å². The van der Waals surface area contributed by atoms with Crippen LogP contribution >= 0.6 is 11.8 Å². The molecule has 0 fully saturated rings. The van der Waals surface area contributed by atoms with Crippen LogP contribution in [-0.4, -0.2) is 26.4 Å². The summed E-state index contributed by atoms with van der Waals surface area (Å²) in [4.78, 5) is 1.63. The normalized spacial score (nSPS) is 12.4. The minimum atomic E-state index is -1.60. The van der Waals surface area contributed by atoms with Crippen LogP contribution in [0.5, 0.6) is 11.5 Å². The minimum absolute atomic E-state index is 0.370. The zero-order valence-electron chi connectivity index (χ0n) is 14.8. The standard InChI is InChI=1S/C18H26O2SSi2/c1-22(2,3)15-11-7-9-13(17(15)19)21-14-10-8-12-16(18(14)20)23(4,5)6/h7-12,19-20H,1-6H3. The molecule has 0 amide bonds. The fraction of sp³-hybridized carbons (Fsp3) is 0.333. The Kier molecular flexibility index (Phi) is 5.04. The van der Waals surface area contributed by atoms with Crippen LogP contribution in [0.15, 0.2) is 46.2 Å². The van der Waals surface area contributed by atoms with Gasteiger partial charge in [-0.15, -0.1) is 0 Å². The number of phenols is 2. The third kappa shape index (κ3) is 4.02. The van der Waals surface area contributed by atoms with E-state index in [-0.39, 0.29) is 0 Å². The molecule has 2 N–H and O–H groups in total. The Balaban J connectivity index is 2.46. The molecule has 0 atom stereocenters. The fourth-order valence-electron chi connectivity index (χ4n) is 2.54. The number of benzene rings is 2. The van der Waals surface area contributed by atoms with Crippen molar-refractivity contribution in [3.8, 4) is 11.5 Å².